The second kappa shape index (κ2) is 7.95. The molecule has 3 nitrogen and oxygen atoms in total. The molecule has 7 heteroatoms. The molecule has 5 rings (SSSR count). The van der Waals surface area contributed by atoms with Crippen LogP contribution in [0.3, 0.4) is 0 Å². The van der Waals surface area contributed by atoms with Gasteiger partial charge in [-0.2, -0.15) is 0 Å². The Morgan fingerprint density at radius 3 is 2.32 bits per heavy atom. The van der Waals surface area contributed by atoms with Crippen molar-refractivity contribution in [3.63, 3.8) is 0 Å². The quantitative estimate of drug-likeness (QED) is 0.295. The van der Waals surface area contributed by atoms with Crippen LogP contribution in [-0.2, 0) is 4.79 Å². The SMILES string of the molecule is O=C1CC(c2ccc(Cl)cc2Cl)c2c(sc3ccc(Cl)cc3c2=O)N1c1ccccc1. The fraction of sp³-hybridized carbons (Fsp3) is 0.0833. The van der Waals surface area contributed by atoms with Crippen molar-refractivity contribution in [1.82, 2.24) is 0 Å². The van der Waals surface area contributed by atoms with Crippen molar-refractivity contribution in [2.75, 3.05) is 4.90 Å². The molecule has 1 atom stereocenters. The summed E-state index contributed by atoms with van der Waals surface area (Å²) < 4.78 is 0.768. The van der Waals surface area contributed by atoms with Crippen LogP contribution in [0, 0.1) is 0 Å². The van der Waals surface area contributed by atoms with Gasteiger partial charge in [-0.25, -0.2) is 0 Å². The highest BCUT2D eigenvalue weighted by Crippen LogP contribution is 2.47. The second-order valence-corrected chi connectivity index (χ2v) is 9.59. The standard InChI is InChI=1S/C24H14Cl3NO2S/c25-13-7-9-20-18(10-13)23(30)22-17(16-8-6-14(26)11-19(16)27)12-21(29)28(24(22)31-20)15-4-2-1-3-5-15/h1-11,17H,12H2. The molecule has 154 valence electrons. The van der Waals surface area contributed by atoms with Gasteiger partial charge >= 0.3 is 0 Å². The maximum atomic E-state index is 13.7. The van der Waals surface area contributed by atoms with Crippen LogP contribution < -0.4 is 10.3 Å². The Morgan fingerprint density at radius 1 is 0.871 bits per heavy atom. The number of hydrogen-bond donors (Lipinski definition) is 0. The first-order valence-electron chi connectivity index (χ1n) is 9.53. The summed E-state index contributed by atoms with van der Waals surface area (Å²) in [6, 6.07) is 19.7. The molecule has 3 aromatic carbocycles. The van der Waals surface area contributed by atoms with Crippen LogP contribution in [0.1, 0.15) is 23.5 Å². The molecule has 1 aromatic heterocycles. The molecule has 0 fully saturated rings. The van der Waals surface area contributed by atoms with Crippen LogP contribution in [0.25, 0.3) is 10.1 Å². The molecule has 0 radical (unpaired) electrons. The van der Waals surface area contributed by atoms with E-state index in [9.17, 15) is 9.59 Å². The van der Waals surface area contributed by atoms with Gasteiger partial charge in [0.05, 0.1) is 0 Å². The van der Waals surface area contributed by atoms with Crippen LogP contribution in [0.4, 0.5) is 10.7 Å². The third-order valence-electron chi connectivity index (χ3n) is 5.40. The Bertz CT molecular complexity index is 1400. The summed E-state index contributed by atoms with van der Waals surface area (Å²) in [6.45, 7) is 0. The zero-order chi connectivity index (χ0) is 21.7. The van der Waals surface area contributed by atoms with Gasteiger partial charge in [-0.15, -0.1) is 11.3 Å². The molecule has 0 saturated heterocycles. The molecule has 4 aromatic rings. The zero-order valence-electron chi connectivity index (χ0n) is 15.9. The molecule has 1 amide bonds. The van der Waals surface area contributed by atoms with Crippen molar-refractivity contribution in [2.45, 2.75) is 12.3 Å². The summed E-state index contributed by atoms with van der Waals surface area (Å²) in [5.41, 5.74) is 1.83. The van der Waals surface area contributed by atoms with E-state index in [1.54, 1.807) is 35.2 Å². The lowest BCUT2D eigenvalue weighted by Gasteiger charge is -2.33. The minimum absolute atomic E-state index is 0.0984. The average Bonchev–Trinajstić information content (AvgIpc) is 2.74. The molecule has 1 aliphatic rings. The first kappa shape index (κ1) is 20.5. The third-order valence-corrected chi connectivity index (χ3v) is 7.37. The largest absolute Gasteiger partial charge is 0.289 e. The van der Waals surface area contributed by atoms with Crippen molar-refractivity contribution >= 4 is 72.8 Å². The van der Waals surface area contributed by atoms with Crippen LogP contribution in [0.15, 0.2) is 71.5 Å². The van der Waals surface area contributed by atoms with E-state index < -0.39 is 5.92 Å². The van der Waals surface area contributed by atoms with Gasteiger partial charge < -0.3 is 0 Å². The number of para-hydroxylation sites is 1. The van der Waals surface area contributed by atoms with Crippen molar-refractivity contribution in [2.24, 2.45) is 0 Å². The molecule has 31 heavy (non-hydrogen) atoms. The number of carbonyl (C=O) groups excluding carboxylic acids is 1. The van der Waals surface area contributed by atoms with E-state index in [1.807, 2.05) is 36.4 Å². The maximum absolute atomic E-state index is 13.7. The molecule has 1 aliphatic heterocycles. The zero-order valence-corrected chi connectivity index (χ0v) is 19.0. The molecule has 0 aliphatic carbocycles. The highest BCUT2D eigenvalue weighted by molar-refractivity contribution is 7.22. The summed E-state index contributed by atoms with van der Waals surface area (Å²) in [4.78, 5) is 28.7. The van der Waals surface area contributed by atoms with E-state index in [-0.39, 0.29) is 17.8 Å². The molecule has 0 saturated carbocycles. The molecule has 1 unspecified atom stereocenters. The van der Waals surface area contributed by atoms with E-state index >= 15 is 0 Å². The number of carbonyl (C=O) groups is 1. The van der Waals surface area contributed by atoms with Gasteiger partial charge in [0.2, 0.25) is 5.91 Å². The number of rotatable bonds is 2. The number of fused-ring (bicyclic) bond motifs is 2. The van der Waals surface area contributed by atoms with Gasteiger partial charge in [-0.05, 0) is 48.0 Å². The summed E-state index contributed by atoms with van der Waals surface area (Å²) in [5, 5.41) is 2.56. The fourth-order valence-electron chi connectivity index (χ4n) is 4.01. The number of amides is 1. The monoisotopic (exact) mass is 485 g/mol. The van der Waals surface area contributed by atoms with Crippen LogP contribution in [-0.4, -0.2) is 5.91 Å². The lowest BCUT2D eigenvalue weighted by atomic mass is 9.85. The Labute approximate surface area is 197 Å². The maximum Gasteiger partial charge on any atom is 0.233 e. The highest BCUT2D eigenvalue weighted by Gasteiger charge is 2.37. The van der Waals surface area contributed by atoms with Gasteiger partial charge in [0.1, 0.15) is 5.00 Å². The van der Waals surface area contributed by atoms with Crippen molar-refractivity contribution < 1.29 is 4.79 Å². The number of benzene rings is 3. The molecule has 0 N–H and O–H groups in total. The number of halogens is 3. The average molecular weight is 487 g/mol. The van der Waals surface area contributed by atoms with Crippen LogP contribution >= 0.6 is 46.1 Å². The molecule has 0 spiro atoms. The first-order chi connectivity index (χ1) is 14.9. The van der Waals surface area contributed by atoms with E-state index in [2.05, 4.69) is 0 Å². The third kappa shape index (κ3) is 3.54. The summed E-state index contributed by atoms with van der Waals surface area (Å²) in [5.74, 6) is -0.571. The van der Waals surface area contributed by atoms with E-state index in [4.69, 9.17) is 34.8 Å². The van der Waals surface area contributed by atoms with Gasteiger partial charge in [0.15, 0.2) is 5.43 Å². The molecular formula is C24H14Cl3NO2S. The number of anilines is 2. The van der Waals surface area contributed by atoms with E-state index in [0.29, 0.717) is 36.6 Å². The lowest BCUT2D eigenvalue weighted by molar-refractivity contribution is -0.118. The second-order valence-electron chi connectivity index (χ2n) is 7.28. The first-order valence-corrected chi connectivity index (χ1v) is 11.5. The van der Waals surface area contributed by atoms with Crippen molar-refractivity contribution in [1.29, 1.82) is 0 Å². The lowest BCUT2D eigenvalue weighted by Crippen LogP contribution is -2.35. The molecule has 0 bridgehead atoms. The van der Waals surface area contributed by atoms with Crippen molar-refractivity contribution in [3.05, 3.63) is 103 Å². The predicted molar refractivity (Wildman–Crippen MR) is 130 cm³/mol. The minimum Gasteiger partial charge on any atom is -0.289 e. The van der Waals surface area contributed by atoms with Crippen molar-refractivity contribution in [3.8, 4) is 0 Å². The predicted octanol–water partition coefficient (Wildman–Crippen LogP) is 7.42. The van der Waals surface area contributed by atoms with Gasteiger partial charge in [-0.3, -0.25) is 14.5 Å². The minimum atomic E-state index is -0.473. The van der Waals surface area contributed by atoms with Gasteiger partial charge in [0, 0.05) is 48.7 Å². The Hall–Kier alpha value is -2.37. The Morgan fingerprint density at radius 2 is 1.58 bits per heavy atom. The van der Waals surface area contributed by atoms with Crippen LogP contribution in [0.5, 0.6) is 0 Å². The molecule has 2 heterocycles. The molecular weight excluding hydrogens is 473 g/mol. The topological polar surface area (TPSA) is 37.4 Å². The summed E-state index contributed by atoms with van der Waals surface area (Å²) in [7, 11) is 0. The Kier molecular flexibility index (Phi) is 5.27. The normalized spacial score (nSPS) is 15.9. The highest BCUT2D eigenvalue weighted by atomic mass is 35.5. The van der Waals surface area contributed by atoms with Crippen LogP contribution in [0.2, 0.25) is 15.1 Å². The fourth-order valence-corrected chi connectivity index (χ4v) is 5.97. The summed E-state index contributed by atoms with van der Waals surface area (Å²) in [6.07, 6.45) is 0.122. The van der Waals surface area contributed by atoms with E-state index in [0.717, 1.165) is 10.4 Å². The number of hydrogen-bond acceptors (Lipinski definition) is 3. The Balaban J connectivity index is 1.84. The van der Waals surface area contributed by atoms with Gasteiger partial charge in [0.25, 0.3) is 0 Å². The van der Waals surface area contributed by atoms with E-state index in [1.165, 1.54) is 11.3 Å². The summed E-state index contributed by atoms with van der Waals surface area (Å²) >= 11 is 20.2. The number of nitrogens with zero attached hydrogens (tertiary/aromatic N) is 1. The smallest absolute Gasteiger partial charge is 0.233 e. The van der Waals surface area contributed by atoms with Gasteiger partial charge in [-0.1, -0.05) is 59.1 Å².